The van der Waals surface area contributed by atoms with Crippen molar-refractivity contribution in [3.8, 4) is 0 Å². The Kier molecular flexibility index (Phi) is 2.45. The van der Waals surface area contributed by atoms with Crippen LogP contribution >= 0.6 is 0 Å². The Hall–Kier alpha value is -1.78. The van der Waals surface area contributed by atoms with Crippen LogP contribution in [0.3, 0.4) is 0 Å². The smallest absolute Gasteiger partial charge is 0.336 e. The van der Waals surface area contributed by atoms with E-state index in [1.807, 2.05) is 0 Å². The van der Waals surface area contributed by atoms with Crippen LogP contribution in [-0.2, 0) is 19.1 Å². The van der Waals surface area contributed by atoms with E-state index < -0.39 is 6.29 Å². The van der Waals surface area contributed by atoms with E-state index in [1.165, 1.54) is 6.26 Å². The third-order valence-electron chi connectivity index (χ3n) is 2.25. The van der Waals surface area contributed by atoms with Crippen molar-refractivity contribution in [2.24, 2.45) is 0 Å². The van der Waals surface area contributed by atoms with Gasteiger partial charge in [-0.05, 0) is 13.3 Å². The third-order valence-corrected chi connectivity index (χ3v) is 2.25. The molecule has 2 rings (SSSR count). The number of cyclic esters (lactones) is 1. The normalized spacial score (nSPS) is 27.7. The number of rotatable bonds is 2. The molecule has 1 amide bonds. The van der Waals surface area contributed by atoms with Crippen molar-refractivity contribution in [1.29, 1.82) is 0 Å². The van der Waals surface area contributed by atoms with Crippen LogP contribution in [0.5, 0.6) is 0 Å². The first kappa shape index (κ1) is 9.76. The molecule has 0 bridgehead atoms. The lowest BCUT2D eigenvalue weighted by molar-refractivity contribution is -0.152. The molecule has 0 aromatic heterocycles. The Balaban J connectivity index is 1.94. The van der Waals surface area contributed by atoms with Gasteiger partial charge in [-0.3, -0.25) is 4.79 Å². The number of hydrogen-bond acceptors (Lipinski definition) is 4. The fourth-order valence-corrected chi connectivity index (χ4v) is 1.37. The topological polar surface area (TPSA) is 64.6 Å². The first-order valence-corrected chi connectivity index (χ1v) is 4.69. The molecule has 0 aromatic rings. The Morgan fingerprint density at radius 3 is 2.93 bits per heavy atom. The number of hydrogen-bond donors (Lipinski definition) is 1. The molecule has 5 nitrogen and oxygen atoms in total. The van der Waals surface area contributed by atoms with Crippen molar-refractivity contribution in [2.75, 3.05) is 6.54 Å². The van der Waals surface area contributed by atoms with E-state index in [0.29, 0.717) is 24.1 Å². The van der Waals surface area contributed by atoms with Crippen molar-refractivity contribution < 1.29 is 19.1 Å². The lowest BCUT2D eigenvalue weighted by atomic mass is 10.2. The minimum Gasteiger partial charge on any atom is -0.458 e. The van der Waals surface area contributed by atoms with Crippen LogP contribution < -0.4 is 5.32 Å². The van der Waals surface area contributed by atoms with Crippen molar-refractivity contribution in [3.05, 3.63) is 23.5 Å². The summed E-state index contributed by atoms with van der Waals surface area (Å²) >= 11 is 0. The maximum atomic E-state index is 11.1. The van der Waals surface area contributed by atoms with Crippen LogP contribution in [-0.4, -0.2) is 24.7 Å². The highest BCUT2D eigenvalue weighted by Gasteiger charge is 2.23. The molecule has 0 radical (unpaired) electrons. The molecule has 1 fully saturated rings. The summed E-state index contributed by atoms with van der Waals surface area (Å²) in [7, 11) is 0. The molecule has 2 aliphatic rings. The highest BCUT2D eigenvalue weighted by Crippen LogP contribution is 2.16. The second-order valence-electron chi connectivity index (χ2n) is 3.41. The van der Waals surface area contributed by atoms with Gasteiger partial charge in [0.05, 0.1) is 11.8 Å². The van der Waals surface area contributed by atoms with Crippen LogP contribution in [0, 0.1) is 0 Å². The van der Waals surface area contributed by atoms with Gasteiger partial charge in [0.2, 0.25) is 5.91 Å². The zero-order valence-corrected chi connectivity index (χ0v) is 8.28. The molecular weight excluding hydrogens is 198 g/mol. The summed E-state index contributed by atoms with van der Waals surface area (Å²) in [5.41, 5.74) is 1.10. The van der Waals surface area contributed by atoms with Crippen LogP contribution in [0.25, 0.3) is 0 Å². The van der Waals surface area contributed by atoms with Gasteiger partial charge < -0.3 is 14.8 Å². The number of amides is 1. The predicted molar refractivity (Wildman–Crippen MR) is 50.4 cm³/mol. The first-order valence-electron chi connectivity index (χ1n) is 4.69. The fraction of sp³-hybridized carbons (Fsp3) is 0.400. The monoisotopic (exact) mass is 209 g/mol. The second-order valence-corrected chi connectivity index (χ2v) is 3.41. The first-order chi connectivity index (χ1) is 7.16. The number of nitrogens with one attached hydrogen (secondary N) is 1. The summed E-state index contributed by atoms with van der Waals surface area (Å²) < 4.78 is 9.99. The predicted octanol–water partition coefficient (Wildman–Crippen LogP) is 0.236. The third kappa shape index (κ3) is 2.01. The lowest BCUT2D eigenvalue weighted by Crippen LogP contribution is -2.15. The Morgan fingerprint density at radius 2 is 2.40 bits per heavy atom. The summed E-state index contributed by atoms with van der Waals surface area (Å²) in [4.78, 5) is 22.1. The van der Waals surface area contributed by atoms with Gasteiger partial charge in [0, 0.05) is 18.2 Å². The van der Waals surface area contributed by atoms with Crippen LogP contribution in [0.1, 0.15) is 13.3 Å². The zero-order valence-electron chi connectivity index (χ0n) is 8.28. The van der Waals surface area contributed by atoms with Crippen LogP contribution in [0.15, 0.2) is 23.5 Å². The Morgan fingerprint density at radius 1 is 1.60 bits per heavy atom. The summed E-state index contributed by atoms with van der Waals surface area (Å²) in [6.45, 7) is 2.29. The molecule has 1 N–H and O–H groups in total. The van der Waals surface area contributed by atoms with Gasteiger partial charge in [-0.2, -0.15) is 0 Å². The fourth-order valence-electron chi connectivity index (χ4n) is 1.37. The maximum absolute atomic E-state index is 11.1. The molecule has 5 heteroatoms. The van der Waals surface area contributed by atoms with Crippen LogP contribution in [0.4, 0.5) is 0 Å². The van der Waals surface area contributed by atoms with Gasteiger partial charge in [-0.25, -0.2) is 4.79 Å². The molecule has 80 valence electrons. The molecular formula is C10H11NO4. The van der Waals surface area contributed by atoms with Gasteiger partial charge in [0.1, 0.15) is 0 Å². The highest BCUT2D eigenvalue weighted by molar-refractivity contribution is 5.95. The van der Waals surface area contributed by atoms with Crippen LogP contribution in [0.2, 0.25) is 0 Å². The van der Waals surface area contributed by atoms with Crippen molar-refractivity contribution in [1.82, 2.24) is 5.32 Å². The average molecular weight is 209 g/mol. The van der Waals surface area contributed by atoms with E-state index in [4.69, 9.17) is 9.47 Å². The number of carbonyl (C=O) groups excluding carboxylic acids is 2. The van der Waals surface area contributed by atoms with E-state index in [0.717, 1.165) is 0 Å². The SMILES string of the molecule is CC1=CC(O/C=C2\CCNC2=O)OC1=O. The molecule has 1 saturated heterocycles. The molecule has 1 atom stereocenters. The van der Waals surface area contributed by atoms with Crippen molar-refractivity contribution in [3.63, 3.8) is 0 Å². The molecule has 0 saturated carbocycles. The van der Waals surface area contributed by atoms with E-state index in [9.17, 15) is 9.59 Å². The molecule has 0 spiro atoms. The lowest BCUT2D eigenvalue weighted by Gasteiger charge is -2.07. The quantitative estimate of drug-likeness (QED) is 0.402. The van der Waals surface area contributed by atoms with Gasteiger partial charge in [0.25, 0.3) is 6.29 Å². The second kappa shape index (κ2) is 3.76. The van der Waals surface area contributed by atoms with E-state index in [2.05, 4.69) is 5.32 Å². The van der Waals surface area contributed by atoms with Gasteiger partial charge in [-0.1, -0.05) is 0 Å². The number of carbonyl (C=O) groups is 2. The summed E-state index contributed by atoms with van der Waals surface area (Å²) in [5.74, 6) is -0.505. The maximum Gasteiger partial charge on any atom is 0.336 e. The summed E-state index contributed by atoms with van der Waals surface area (Å²) in [6, 6.07) is 0. The zero-order chi connectivity index (χ0) is 10.8. The molecule has 2 aliphatic heterocycles. The molecule has 2 heterocycles. The minimum absolute atomic E-state index is 0.125. The Bertz CT molecular complexity index is 370. The largest absolute Gasteiger partial charge is 0.458 e. The van der Waals surface area contributed by atoms with E-state index >= 15 is 0 Å². The van der Waals surface area contributed by atoms with Crippen molar-refractivity contribution in [2.45, 2.75) is 19.6 Å². The average Bonchev–Trinajstić information content (AvgIpc) is 2.72. The number of ether oxygens (including phenoxy) is 2. The molecule has 0 aliphatic carbocycles. The molecule has 0 aromatic carbocycles. The van der Waals surface area contributed by atoms with E-state index in [-0.39, 0.29) is 11.9 Å². The Labute approximate surface area is 86.7 Å². The van der Waals surface area contributed by atoms with Gasteiger partial charge in [0.15, 0.2) is 0 Å². The summed E-state index contributed by atoms with van der Waals surface area (Å²) in [5, 5.41) is 2.65. The standard InChI is InChI=1S/C10H11NO4/c1-6-4-8(15-10(6)13)14-5-7-2-3-11-9(7)12/h4-5,8H,2-3H2,1H3,(H,11,12)/b7-5+. The molecule has 1 unspecified atom stereocenters. The van der Waals surface area contributed by atoms with Crippen molar-refractivity contribution >= 4 is 11.9 Å². The van der Waals surface area contributed by atoms with Gasteiger partial charge >= 0.3 is 5.97 Å². The van der Waals surface area contributed by atoms with E-state index in [1.54, 1.807) is 13.0 Å². The molecule has 15 heavy (non-hydrogen) atoms. The minimum atomic E-state index is -0.696. The van der Waals surface area contributed by atoms with Gasteiger partial charge in [-0.15, -0.1) is 0 Å². The summed E-state index contributed by atoms with van der Waals surface area (Å²) in [6.07, 6.45) is 2.88. The highest BCUT2D eigenvalue weighted by atomic mass is 16.7. The number of esters is 1.